The van der Waals surface area contributed by atoms with Gasteiger partial charge in [0, 0.05) is 38.9 Å². The second-order valence-electron chi connectivity index (χ2n) is 13.1. The van der Waals surface area contributed by atoms with Gasteiger partial charge in [0.25, 0.3) is 0 Å². The SMILES string of the molecule is C=Cc1c(/C=C\C)n(C2=CC=CCC2C)c2c1c1ccccc1c1c3ccccc3n(C3=NC(c4ccccc4)NC(c4ccccc4)=N3)c12. The Morgan fingerprint density at radius 1 is 0.780 bits per heavy atom. The van der Waals surface area contributed by atoms with E-state index in [0.29, 0.717) is 11.9 Å². The first-order valence-electron chi connectivity index (χ1n) is 17.4. The Morgan fingerprint density at radius 2 is 1.44 bits per heavy atom. The van der Waals surface area contributed by atoms with Crippen molar-refractivity contribution >= 4 is 73.1 Å². The van der Waals surface area contributed by atoms with E-state index >= 15 is 0 Å². The Balaban J connectivity index is 1.51. The first-order chi connectivity index (χ1) is 24.7. The molecule has 2 aromatic heterocycles. The van der Waals surface area contributed by atoms with Crippen LogP contribution in [0.2, 0.25) is 0 Å². The van der Waals surface area contributed by atoms with Crippen molar-refractivity contribution in [1.29, 1.82) is 0 Å². The molecule has 1 aliphatic heterocycles. The first kappa shape index (κ1) is 29.9. The van der Waals surface area contributed by atoms with Crippen molar-refractivity contribution in [2.45, 2.75) is 26.4 Å². The maximum Gasteiger partial charge on any atom is 0.234 e. The van der Waals surface area contributed by atoms with Crippen LogP contribution in [0.15, 0.2) is 150 Å². The van der Waals surface area contributed by atoms with Crippen LogP contribution in [-0.4, -0.2) is 20.9 Å². The van der Waals surface area contributed by atoms with Crippen molar-refractivity contribution in [2.24, 2.45) is 15.9 Å². The third kappa shape index (κ3) is 4.54. The molecule has 2 unspecified atom stereocenters. The predicted octanol–water partition coefficient (Wildman–Crippen LogP) is 11.0. The highest BCUT2D eigenvalue weighted by atomic mass is 15.3. The summed E-state index contributed by atoms with van der Waals surface area (Å²) >= 11 is 0. The molecule has 0 amide bonds. The van der Waals surface area contributed by atoms with Crippen LogP contribution < -0.4 is 5.32 Å². The third-order valence-electron chi connectivity index (χ3n) is 10.1. The van der Waals surface area contributed by atoms with Crippen LogP contribution in [0.4, 0.5) is 0 Å². The number of benzene rings is 5. The standard InChI is InChI=1S/C45H37N5/c1-4-18-37-32(5-2)39-33-24-13-14-25-34(33)40-35-26-15-17-28-38(35)50(42(40)41(39)49(37)36-27-16-12-19-29(36)3)45-47-43(30-20-8-6-9-21-30)46-44(48-45)31-22-10-7-11-23-31/h4-18,20-29,43H,2,19H2,1,3H3,(H,46,47,48)/b18-4-. The van der Waals surface area contributed by atoms with E-state index in [1.165, 1.54) is 32.6 Å². The van der Waals surface area contributed by atoms with E-state index in [2.05, 4.69) is 162 Å². The van der Waals surface area contributed by atoms with Crippen molar-refractivity contribution in [3.05, 3.63) is 162 Å². The largest absolute Gasteiger partial charge is 0.344 e. The molecule has 5 nitrogen and oxygen atoms in total. The summed E-state index contributed by atoms with van der Waals surface area (Å²) in [6.45, 7) is 8.80. The topological polar surface area (TPSA) is 46.6 Å². The highest BCUT2D eigenvalue weighted by Gasteiger charge is 2.30. The maximum atomic E-state index is 5.41. The van der Waals surface area contributed by atoms with E-state index < -0.39 is 0 Å². The molecule has 5 aromatic carbocycles. The summed E-state index contributed by atoms with van der Waals surface area (Å²) in [6.07, 6.45) is 13.8. The van der Waals surface area contributed by atoms with Crippen molar-refractivity contribution in [3.63, 3.8) is 0 Å². The van der Waals surface area contributed by atoms with Gasteiger partial charge in [0.1, 0.15) is 12.0 Å². The number of para-hydroxylation sites is 1. The van der Waals surface area contributed by atoms with Crippen LogP contribution in [0.25, 0.3) is 61.3 Å². The van der Waals surface area contributed by atoms with Gasteiger partial charge in [-0.15, -0.1) is 0 Å². The van der Waals surface area contributed by atoms with Gasteiger partial charge in [0.15, 0.2) is 0 Å². The lowest BCUT2D eigenvalue weighted by atomic mass is 9.97. The zero-order chi connectivity index (χ0) is 33.8. The summed E-state index contributed by atoms with van der Waals surface area (Å²) < 4.78 is 4.80. The molecule has 0 bridgehead atoms. The summed E-state index contributed by atoms with van der Waals surface area (Å²) in [4.78, 5) is 10.8. The summed E-state index contributed by atoms with van der Waals surface area (Å²) in [7, 11) is 0. The lowest BCUT2D eigenvalue weighted by Crippen LogP contribution is -2.35. The fourth-order valence-electron chi connectivity index (χ4n) is 7.88. The van der Waals surface area contributed by atoms with Crippen molar-refractivity contribution in [2.75, 3.05) is 0 Å². The molecule has 2 aliphatic rings. The molecule has 2 atom stereocenters. The van der Waals surface area contributed by atoms with Crippen molar-refractivity contribution in [1.82, 2.24) is 14.5 Å². The van der Waals surface area contributed by atoms with E-state index in [9.17, 15) is 0 Å². The number of nitrogens with zero attached hydrogens (tertiary/aromatic N) is 4. The monoisotopic (exact) mass is 647 g/mol. The van der Waals surface area contributed by atoms with E-state index in [0.717, 1.165) is 51.2 Å². The molecule has 9 rings (SSSR count). The second-order valence-corrected chi connectivity index (χ2v) is 13.1. The number of allylic oxidation sites excluding steroid dienone is 5. The summed E-state index contributed by atoms with van der Waals surface area (Å²) in [5.41, 5.74) is 8.89. The van der Waals surface area contributed by atoms with Gasteiger partial charge in [-0.25, -0.2) is 4.99 Å². The van der Waals surface area contributed by atoms with Gasteiger partial charge in [-0.1, -0.05) is 141 Å². The molecule has 7 aromatic rings. The Bertz CT molecular complexity index is 2630. The molecule has 1 aliphatic carbocycles. The van der Waals surface area contributed by atoms with Gasteiger partial charge < -0.3 is 9.88 Å². The van der Waals surface area contributed by atoms with Crippen molar-refractivity contribution in [3.8, 4) is 0 Å². The molecule has 0 saturated carbocycles. The first-order valence-corrected chi connectivity index (χ1v) is 17.4. The molecule has 0 radical (unpaired) electrons. The Morgan fingerprint density at radius 3 is 2.16 bits per heavy atom. The van der Waals surface area contributed by atoms with Gasteiger partial charge in [-0.05, 0) is 47.9 Å². The highest BCUT2D eigenvalue weighted by molar-refractivity contribution is 6.35. The number of fused-ring (bicyclic) bond motifs is 8. The normalized spacial score (nSPS) is 17.8. The Hall–Kier alpha value is -6.20. The summed E-state index contributed by atoms with van der Waals surface area (Å²) in [6, 6.07) is 38.3. The zero-order valence-corrected chi connectivity index (χ0v) is 28.2. The Labute approximate surface area is 291 Å². The number of rotatable bonds is 5. The van der Waals surface area contributed by atoms with Crippen molar-refractivity contribution < 1.29 is 0 Å². The number of aromatic nitrogens is 2. The lowest BCUT2D eigenvalue weighted by Gasteiger charge is -2.25. The van der Waals surface area contributed by atoms with Crippen LogP contribution in [-0.2, 0) is 0 Å². The van der Waals surface area contributed by atoms with Gasteiger partial charge in [0.2, 0.25) is 5.96 Å². The number of nitrogens with one attached hydrogen (secondary N) is 1. The minimum atomic E-state index is -0.327. The van der Waals surface area contributed by atoms with Gasteiger partial charge in [-0.2, -0.15) is 4.99 Å². The molecule has 242 valence electrons. The lowest BCUT2D eigenvalue weighted by molar-refractivity contribution is 0.668. The highest BCUT2D eigenvalue weighted by Crippen LogP contribution is 2.47. The van der Waals surface area contributed by atoms with Crippen LogP contribution in [0.1, 0.15) is 48.8 Å². The average molecular weight is 648 g/mol. The zero-order valence-electron chi connectivity index (χ0n) is 28.2. The van der Waals surface area contributed by atoms with E-state index in [1.54, 1.807) is 0 Å². The van der Waals surface area contributed by atoms with E-state index in [-0.39, 0.29) is 6.17 Å². The van der Waals surface area contributed by atoms with Crippen LogP contribution in [0, 0.1) is 5.92 Å². The molecule has 5 heteroatoms. The minimum absolute atomic E-state index is 0.318. The third-order valence-corrected chi connectivity index (χ3v) is 10.1. The maximum absolute atomic E-state index is 5.41. The molecular weight excluding hydrogens is 611 g/mol. The predicted molar refractivity (Wildman–Crippen MR) is 213 cm³/mol. The second kappa shape index (κ2) is 12.0. The van der Waals surface area contributed by atoms with E-state index in [4.69, 9.17) is 9.98 Å². The summed E-state index contributed by atoms with van der Waals surface area (Å²) in [5.74, 6) is 1.75. The molecule has 0 spiro atoms. The fraction of sp³-hybridized carbons (Fsp3) is 0.111. The number of hydrogen-bond acceptors (Lipinski definition) is 3. The number of aliphatic imine (C=N–C) groups is 2. The van der Waals surface area contributed by atoms with Crippen LogP contribution in [0.5, 0.6) is 0 Å². The molecule has 50 heavy (non-hydrogen) atoms. The molecule has 0 fully saturated rings. The molecule has 3 heterocycles. The van der Waals surface area contributed by atoms with Gasteiger partial charge in [-0.3, -0.25) is 4.57 Å². The van der Waals surface area contributed by atoms with Crippen LogP contribution >= 0.6 is 0 Å². The average Bonchev–Trinajstić information content (AvgIpc) is 3.69. The quantitative estimate of drug-likeness (QED) is 0.199. The smallest absolute Gasteiger partial charge is 0.234 e. The molecule has 0 saturated heterocycles. The molecule has 1 N–H and O–H groups in total. The van der Waals surface area contributed by atoms with Gasteiger partial charge in [0.05, 0.1) is 22.2 Å². The summed E-state index contributed by atoms with van der Waals surface area (Å²) in [5, 5.41) is 9.61. The fourth-order valence-corrected chi connectivity index (χ4v) is 7.88. The molecular formula is C45H37N5. The van der Waals surface area contributed by atoms with Gasteiger partial charge >= 0.3 is 0 Å². The number of hydrogen-bond donors (Lipinski definition) is 1. The van der Waals surface area contributed by atoms with E-state index in [1.807, 2.05) is 18.2 Å². The van der Waals surface area contributed by atoms with Crippen LogP contribution in [0.3, 0.4) is 0 Å². The Kier molecular flexibility index (Phi) is 7.20. The minimum Gasteiger partial charge on any atom is -0.344 e. The number of amidine groups is 1.